The van der Waals surface area contributed by atoms with Crippen molar-refractivity contribution in [1.29, 1.82) is 0 Å². The molecule has 1 aromatic carbocycles. The van der Waals surface area contributed by atoms with Crippen LogP contribution in [0.5, 0.6) is 0 Å². The summed E-state index contributed by atoms with van der Waals surface area (Å²) < 4.78 is 0. The Morgan fingerprint density at radius 3 is 2.29 bits per heavy atom. The first-order chi connectivity index (χ1) is 11.5. The van der Waals surface area contributed by atoms with E-state index in [1.165, 1.54) is 12.8 Å². The molecule has 1 atom stereocenters. The van der Waals surface area contributed by atoms with Gasteiger partial charge in [-0.05, 0) is 56.9 Å². The molecule has 1 amide bonds. The lowest BCUT2D eigenvalue weighted by Gasteiger charge is -2.36. The lowest BCUT2D eigenvalue weighted by atomic mass is 10.1. The van der Waals surface area contributed by atoms with Crippen molar-refractivity contribution in [3.05, 3.63) is 29.8 Å². The molecular formula is C19H27N3O2. The summed E-state index contributed by atoms with van der Waals surface area (Å²) in [5.74, 6) is 0.940. The smallest absolute Gasteiger partial charge is 0.234 e. The first-order valence-corrected chi connectivity index (χ1v) is 8.90. The van der Waals surface area contributed by atoms with Crippen LogP contribution in [0.15, 0.2) is 24.3 Å². The molecule has 0 unspecified atom stereocenters. The molecule has 5 heteroatoms. The molecule has 2 fully saturated rings. The van der Waals surface area contributed by atoms with E-state index in [4.69, 9.17) is 0 Å². The van der Waals surface area contributed by atoms with Gasteiger partial charge >= 0.3 is 0 Å². The second kappa shape index (κ2) is 7.34. The van der Waals surface area contributed by atoms with Crippen LogP contribution in [0, 0.1) is 5.92 Å². The highest BCUT2D eigenvalue weighted by Gasteiger charge is 2.29. The van der Waals surface area contributed by atoms with Crippen LogP contribution in [0.3, 0.4) is 0 Å². The Bertz CT molecular complexity index is 587. The number of anilines is 1. The first kappa shape index (κ1) is 17.0. The standard InChI is InChI=1S/C19H27N3O2/c1-14(16-3-4-16)20-19(24)13-21-9-11-22(12-10-21)18-7-5-17(6-8-18)15(2)23/h5-8,14,16H,3-4,9-13H2,1-2H3,(H,20,24)/t14-/m0/s1. The van der Waals surface area contributed by atoms with Crippen LogP contribution in [0.4, 0.5) is 5.69 Å². The van der Waals surface area contributed by atoms with Crippen LogP contribution < -0.4 is 10.2 Å². The van der Waals surface area contributed by atoms with Crippen molar-refractivity contribution in [2.75, 3.05) is 37.6 Å². The fourth-order valence-electron chi connectivity index (χ4n) is 3.29. The van der Waals surface area contributed by atoms with E-state index in [9.17, 15) is 9.59 Å². The zero-order valence-corrected chi connectivity index (χ0v) is 14.6. The molecule has 1 aliphatic carbocycles. The van der Waals surface area contributed by atoms with Crippen LogP contribution in [-0.4, -0.2) is 55.4 Å². The number of amides is 1. The van der Waals surface area contributed by atoms with Crippen molar-refractivity contribution < 1.29 is 9.59 Å². The number of piperazine rings is 1. The normalized spacial score (nSPS) is 19.8. The molecule has 0 radical (unpaired) electrons. The summed E-state index contributed by atoms with van der Waals surface area (Å²) in [5.41, 5.74) is 1.89. The lowest BCUT2D eigenvalue weighted by molar-refractivity contribution is -0.123. The number of Topliss-reactive ketones (excluding diaryl/α,β-unsaturated/α-hetero) is 1. The van der Waals surface area contributed by atoms with Gasteiger partial charge in [0.2, 0.25) is 5.91 Å². The highest BCUT2D eigenvalue weighted by molar-refractivity contribution is 5.94. The molecule has 0 spiro atoms. The monoisotopic (exact) mass is 329 g/mol. The summed E-state index contributed by atoms with van der Waals surface area (Å²) in [7, 11) is 0. The zero-order chi connectivity index (χ0) is 17.1. The maximum Gasteiger partial charge on any atom is 0.234 e. The predicted molar refractivity (Wildman–Crippen MR) is 95.4 cm³/mol. The van der Waals surface area contributed by atoms with Gasteiger partial charge in [-0.3, -0.25) is 14.5 Å². The van der Waals surface area contributed by atoms with Gasteiger partial charge in [0, 0.05) is 43.5 Å². The van der Waals surface area contributed by atoms with Crippen molar-refractivity contribution in [2.45, 2.75) is 32.7 Å². The van der Waals surface area contributed by atoms with Crippen molar-refractivity contribution >= 4 is 17.4 Å². The van der Waals surface area contributed by atoms with E-state index in [2.05, 4.69) is 22.0 Å². The molecule has 0 aromatic heterocycles. The minimum Gasteiger partial charge on any atom is -0.369 e. The van der Waals surface area contributed by atoms with E-state index < -0.39 is 0 Å². The SMILES string of the molecule is CC(=O)c1ccc(N2CCN(CC(=O)N[C@@H](C)C3CC3)CC2)cc1. The van der Waals surface area contributed by atoms with Gasteiger partial charge in [0.25, 0.3) is 0 Å². The third kappa shape index (κ3) is 4.35. The molecule has 1 N–H and O–H groups in total. The Morgan fingerprint density at radius 1 is 1.12 bits per heavy atom. The number of carbonyl (C=O) groups excluding carboxylic acids is 2. The molecule has 2 aliphatic rings. The van der Waals surface area contributed by atoms with Crippen LogP contribution >= 0.6 is 0 Å². The summed E-state index contributed by atoms with van der Waals surface area (Å²) >= 11 is 0. The topological polar surface area (TPSA) is 52.7 Å². The second-order valence-corrected chi connectivity index (χ2v) is 7.06. The van der Waals surface area contributed by atoms with Gasteiger partial charge in [-0.15, -0.1) is 0 Å². The summed E-state index contributed by atoms with van der Waals surface area (Å²) in [4.78, 5) is 28.0. The van der Waals surface area contributed by atoms with Crippen molar-refractivity contribution in [3.8, 4) is 0 Å². The molecule has 1 aliphatic heterocycles. The lowest BCUT2D eigenvalue weighted by Crippen LogP contribution is -2.50. The fraction of sp³-hybridized carbons (Fsp3) is 0.579. The minimum absolute atomic E-state index is 0.0952. The van der Waals surface area contributed by atoms with E-state index in [1.807, 2.05) is 24.3 Å². The Kier molecular flexibility index (Phi) is 5.19. The largest absolute Gasteiger partial charge is 0.369 e. The number of carbonyl (C=O) groups is 2. The number of nitrogens with one attached hydrogen (secondary N) is 1. The predicted octanol–water partition coefficient (Wildman–Crippen LogP) is 1.93. The third-order valence-corrected chi connectivity index (χ3v) is 5.10. The van der Waals surface area contributed by atoms with E-state index in [-0.39, 0.29) is 11.7 Å². The fourth-order valence-corrected chi connectivity index (χ4v) is 3.29. The number of hydrogen-bond donors (Lipinski definition) is 1. The second-order valence-electron chi connectivity index (χ2n) is 7.06. The quantitative estimate of drug-likeness (QED) is 0.810. The summed E-state index contributed by atoms with van der Waals surface area (Å²) in [6, 6.07) is 8.11. The maximum atomic E-state index is 12.1. The van der Waals surface area contributed by atoms with Crippen LogP contribution in [-0.2, 0) is 4.79 Å². The van der Waals surface area contributed by atoms with E-state index in [0.717, 1.165) is 37.4 Å². The van der Waals surface area contributed by atoms with Gasteiger partial charge < -0.3 is 10.2 Å². The van der Waals surface area contributed by atoms with Gasteiger partial charge in [0.15, 0.2) is 5.78 Å². The molecule has 3 rings (SSSR count). The number of hydrogen-bond acceptors (Lipinski definition) is 4. The van der Waals surface area contributed by atoms with E-state index in [0.29, 0.717) is 18.5 Å². The van der Waals surface area contributed by atoms with Crippen molar-refractivity contribution in [2.24, 2.45) is 5.92 Å². The van der Waals surface area contributed by atoms with Crippen LogP contribution in [0.2, 0.25) is 0 Å². The molecule has 1 saturated heterocycles. The minimum atomic E-state index is 0.0952. The van der Waals surface area contributed by atoms with Crippen LogP contribution in [0.1, 0.15) is 37.0 Å². The molecule has 130 valence electrons. The van der Waals surface area contributed by atoms with Gasteiger partial charge in [-0.25, -0.2) is 0 Å². The van der Waals surface area contributed by atoms with Crippen molar-refractivity contribution in [3.63, 3.8) is 0 Å². The molecule has 24 heavy (non-hydrogen) atoms. The highest BCUT2D eigenvalue weighted by Crippen LogP contribution is 2.32. The summed E-state index contributed by atoms with van der Waals surface area (Å²) in [6.07, 6.45) is 2.51. The molecule has 1 aromatic rings. The highest BCUT2D eigenvalue weighted by atomic mass is 16.2. The molecule has 1 saturated carbocycles. The first-order valence-electron chi connectivity index (χ1n) is 8.90. The third-order valence-electron chi connectivity index (χ3n) is 5.10. The summed E-state index contributed by atoms with van der Waals surface area (Å²) in [6.45, 7) is 7.78. The number of rotatable bonds is 6. The number of benzene rings is 1. The number of nitrogens with zero attached hydrogens (tertiary/aromatic N) is 2. The summed E-state index contributed by atoms with van der Waals surface area (Å²) in [5, 5.41) is 3.12. The number of ketones is 1. The van der Waals surface area contributed by atoms with Gasteiger partial charge in [0.1, 0.15) is 0 Å². The van der Waals surface area contributed by atoms with Gasteiger partial charge in [0.05, 0.1) is 6.54 Å². The average Bonchev–Trinajstić information content (AvgIpc) is 3.40. The average molecular weight is 329 g/mol. The van der Waals surface area contributed by atoms with E-state index in [1.54, 1.807) is 6.92 Å². The molecule has 0 bridgehead atoms. The van der Waals surface area contributed by atoms with Gasteiger partial charge in [-0.1, -0.05) is 0 Å². The Labute approximate surface area is 144 Å². The Balaban J connectivity index is 1.44. The molecule has 5 nitrogen and oxygen atoms in total. The Hall–Kier alpha value is -1.88. The molecule has 1 heterocycles. The van der Waals surface area contributed by atoms with Crippen LogP contribution in [0.25, 0.3) is 0 Å². The maximum absolute atomic E-state index is 12.1. The zero-order valence-electron chi connectivity index (χ0n) is 14.6. The Morgan fingerprint density at radius 2 is 1.75 bits per heavy atom. The van der Waals surface area contributed by atoms with Crippen molar-refractivity contribution in [1.82, 2.24) is 10.2 Å². The van der Waals surface area contributed by atoms with Gasteiger partial charge in [-0.2, -0.15) is 0 Å². The van der Waals surface area contributed by atoms with E-state index >= 15 is 0 Å². The molecular weight excluding hydrogens is 302 g/mol.